The average Bonchev–Trinajstić information content (AvgIpc) is 2.99. The summed E-state index contributed by atoms with van der Waals surface area (Å²) in [6.07, 6.45) is 3.83. The third-order valence-corrected chi connectivity index (χ3v) is 4.05. The van der Waals surface area contributed by atoms with Gasteiger partial charge in [0.2, 0.25) is 0 Å². The Balaban J connectivity index is 1.78. The van der Waals surface area contributed by atoms with Gasteiger partial charge in [-0.05, 0) is 31.0 Å². The van der Waals surface area contributed by atoms with E-state index in [2.05, 4.69) is 5.10 Å². The summed E-state index contributed by atoms with van der Waals surface area (Å²) >= 11 is 0. The van der Waals surface area contributed by atoms with Crippen molar-refractivity contribution >= 4 is 16.8 Å². The molecule has 0 atom stereocenters. The van der Waals surface area contributed by atoms with E-state index in [1.807, 2.05) is 30.5 Å². The summed E-state index contributed by atoms with van der Waals surface area (Å²) in [7, 11) is 0. The van der Waals surface area contributed by atoms with E-state index < -0.39 is 5.91 Å². The molecule has 0 saturated heterocycles. The summed E-state index contributed by atoms with van der Waals surface area (Å²) in [5.41, 5.74) is 7.27. The van der Waals surface area contributed by atoms with Crippen molar-refractivity contribution < 1.29 is 14.3 Å². The van der Waals surface area contributed by atoms with Crippen LogP contribution in [0.4, 0.5) is 0 Å². The maximum Gasteiger partial charge on any atom is 0.250 e. The number of primary amides is 1. The van der Waals surface area contributed by atoms with Crippen LogP contribution in [0.5, 0.6) is 11.5 Å². The number of amides is 1. The summed E-state index contributed by atoms with van der Waals surface area (Å²) in [5.74, 6) is 0.968. The third-order valence-electron chi connectivity index (χ3n) is 4.05. The molecule has 1 aliphatic heterocycles. The van der Waals surface area contributed by atoms with Gasteiger partial charge in [0, 0.05) is 17.6 Å². The minimum absolute atomic E-state index is 0.414. The Kier molecular flexibility index (Phi) is 3.57. The van der Waals surface area contributed by atoms with Crippen molar-refractivity contribution in [3.63, 3.8) is 0 Å². The number of aromatic nitrogens is 2. The molecule has 0 saturated carbocycles. The molecule has 4 rings (SSSR count). The van der Waals surface area contributed by atoms with Crippen molar-refractivity contribution in [3.05, 3.63) is 48.2 Å². The Hall–Kier alpha value is -3.02. The van der Waals surface area contributed by atoms with E-state index in [0.29, 0.717) is 30.0 Å². The van der Waals surface area contributed by atoms with E-state index in [0.717, 1.165) is 29.7 Å². The highest BCUT2D eigenvalue weighted by Crippen LogP contribution is 2.31. The van der Waals surface area contributed by atoms with E-state index >= 15 is 0 Å². The molecule has 0 spiro atoms. The molecular weight excluding hydrogens is 306 g/mol. The maximum absolute atomic E-state index is 11.6. The fraction of sp³-hybridized carbons (Fsp3) is 0.222. The van der Waals surface area contributed by atoms with E-state index in [9.17, 15) is 4.79 Å². The van der Waals surface area contributed by atoms with E-state index in [1.54, 1.807) is 16.8 Å². The van der Waals surface area contributed by atoms with Crippen molar-refractivity contribution in [3.8, 4) is 17.2 Å². The number of benzene rings is 2. The number of nitrogens with zero attached hydrogens (tertiary/aromatic N) is 2. The molecule has 2 N–H and O–H groups in total. The first-order chi connectivity index (χ1) is 11.7. The summed E-state index contributed by atoms with van der Waals surface area (Å²) < 4.78 is 13.2. The zero-order chi connectivity index (χ0) is 16.5. The summed E-state index contributed by atoms with van der Waals surface area (Å²) in [4.78, 5) is 11.6. The van der Waals surface area contributed by atoms with Crippen molar-refractivity contribution in [2.45, 2.75) is 12.8 Å². The predicted octanol–water partition coefficient (Wildman–Crippen LogP) is 2.68. The van der Waals surface area contributed by atoms with Crippen LogP contribution < -0.4 is 15.2 Å². The fourth-order valence-corrected chi connectivity index (χ4v) is 2.82. The van der Waals surface area contributed by atoms with Gasteiger partial charge in [-0.3, -0.25) is 4.79 Å². The van der Waals surface area contributed by atoms with Gasteiger partial charge < -0.3 is 15.2 Å². The molecule has 3 aromatic rings. The van der Waals surface area contributed by atoms with Gasteiger partial charge in [0.05, 0.1) is 24.5 Å². The van der Waals surface area contributed by atoms with Crippen LogP contribution in [-0.4, -0.2) is 28.9 Å². The molecule has 0 bridgehead atoms. The van der Waals surface area contributed by atoms with Crippen LogP contribution in [-0.2, 0) is 0 Å². The molecule has 6 nitrogen and oxygen atoms in total. The van der Waals surface area contributed by atoms with Gasteiger partial charge in [-0.2, -0.15) is 5.10 Å². The number of ether oxygens (including phenoxy) is 2. The molecule has 0 fully saturated rings. The maximum atomic E-state index is 11.6. The number of fused-ring (bicyclic) bond motifs is 2. The predicted molar refractivity (Wildman–Crippen MR) is 89.8 cm³/mol. The second kappa shape index (κ2) is 5.88. The van der Waals surface area contributed by atoms with E-state index in [-0.39, 0.29) is 0 Å². The summed E-state index contributed by atoms with van der Waals surface area (Å²) in [6, 6.07) is 11.1. The normalized spacial score (nSPS) is 14.2. The number of hydrogen-bond acceptors (Lipinski definition) is 4. The molecule has 1 aliphatic rings. The Labute approximate surface area is 138 Å². The lowest BCUT2D eigenvalue weighted by Gasteiger charge is -2.17. The van der Waals surface area contributed by atoms with Gasteiger partial charge in [0.1, 0.15) is 5.52 Å². The van der Waals surface area contributed by atoms with Gasteiger partial charge in [0.15, 0.2) is 11.5 Å². The number of hydrogen-bond donors (Lipinski definition) is 1. The van der Waals surface area contributed by atoms with Crippen molar-refractivity contribution in [2.75, 3.05) is 13.2 Å². The van der Waals surface area contributed by atoms with Gasteiger partial charge in [-0.15, -0.1) is 0 Å². The molecule has 0 aliphatic carbocycles. The standard InChI is InChI=1S/C18H17N3O3/c19-18(22)14-5-3-4-12-11-21(20-17(12)14)13-6-7-15-16(10-13)24-9-2-1-8-23-15/h3-7,10-11H,1-2,8-9H2,(H2,19,22). The Morgan fingerprint density at radius 3 is 2.67 bits per heavy atom. The number of carbonyl (C=O) groups is 1. The molecular formula is C18H17N3O3. The summed E-state index contributed by atoms with van der Waals surface area (Å²) in [6.45, 7) is 1.37. The van der Waals surface area contributed by atoms with Crippen LogP contribution in [0.15, 0.2) is 42.6 Å². The van der Waals surface area contributed by atoms with Crippen LogP contribution >= 0.6 is 0 Å². The van der Waals surface area contributed by atoms with E-state index in [4.69, 9.17) is 15.2 Å². The van der Waals surface area contributed by atoms with E-state index in [1.165, 1.54) is 0 Å². The lowest BCUT2D eigenvalue weighted by molar-refractivity contribution is 0.100. The second-order valence-electron chi connectivity index (χ2n) is 5.72. The molecule has 0 unspecified atom stereocenters. The zero-order valence-electron chi connectivity index (χ0n) is 13.1. The smallest absolute Gasteiger partial charge is 0.250 e. The molecule has 1 amide bonds. The van der Waals surface area contributed by atoms with Gasteiger partial charge in [0.25, 0.3) is 5.91 Å². The van der Waals surface area contributed by atoms with Gasteiger partial charge >= 0.3 is 0 Å². The lowest BCUT2D eigenvalue weighted by Crippen LogP contribution is -2.11. The second-order valence-corrected chi connectivity index (χ2v) is 5.72. The highest BCUT2D eigenvalue weighted by Gasteiger charge is 2.14. The molecule has 0 radical (unpaired) electrons. The highest BCUT2D eigenvalue weighted by molar-refractivity contribution is 6.04. The Morgan fingerprint density at radius 2 is 1.88 bits per heavy atom. The molecule has 6 heteroatoms. The van der Waals surface area contributed by atoms with Gasteiger partial charge in [-0.1, -0.05) is 12.1 Å². The van der Waals surface area contributed by atoms with Crippen molar-refractivity contribution in [1.29, 1.82) is 0 Å². The topological polar surface area (TPSA) is 79.4 Å². The first-order valence-electron chi connectivity index (χ1n) is 7.90. The van der Waals surface area contributed by atoms with Crippen molar-refractivity contribution in [1.82, 2.24) is 9.78 Å². The third kappa shape index (κ3) is 2.56. The lowest BCUT2D eigenvalue weighted by atomic mass is 10.1. The zero-order valence-corrected chi connectivity index (χ0v) is 13.1. The highest BCUT2D eigenvalue weighted by atomic mass is 16.5. The number of rotatable bonds is 2. The van der Waals surface area contributed by atoms with Crippen LogP contribution in [0.3, 0.4) is 0 Å². The first kappa shape index (κ1) is 14.6. The quantitative estimate of drug-likeness (QED) is 0.786. The molecule has 122 valence electrons. The average molecular weight is 323 g/mol. The van der Waals surface area contributed by atoms with Crippen LogP contribution in [0.25, 0.3) is 16.6 Å². The minimum atomic E-state index is -0.485. The first-order valence-corrected chi connectivity index (χ1v) is 7.90. The SMILES string of the molecule is NC(=O)c1cccc2cn(-c3ccc4c(c3)OCCCCO4)nc12. The van der Waals surface area contributed by atoms with Gasteiger partial charge in [-0.25, -0.2) is 4.68 Å². The number of nitrogens with two attached hydrogens (primary N) is 1. The van der Waals surface area contributed by atoms with Crippen LogP contribution in [0.1, 0.15) is 23.2 Å². The van der Waals surface area contributed by atoms with Crippen LogP contribution in [0, 0.1) is 0 Å². The summed E-state index contributed by atoms with van der Waals surface area (Å²) in [5, 5.41) is 5.37. The largest absolute Gasteiger partial charge is 0.490 e. The van der Waals surface area contributed by atoms with Crippen molar-refractivity contribution in [2.24, 2.45) is 5.73 Å². The molecule has 1 aromatic heterocycles. The monoisotopic (exact) mass is 323 g/mol. The van der Waals surface area contributed by atoms with Crippen LogP contribution in [0.2, 0.25) is 0 Å². The Bertz CT molecular complexity index is 917. The molecule has 2 heterocycles. The molecule has 2 aromatic carbocycles. The fourth-order valence-electron chi connectivity index (χ4n) is 2.82. The number of carbonyl (C=O) groups excluding carboxylic acids is 1. The Morgan fingerprint density at radius 1 is 1.08 bits per heavy atom. The minimum Gasteiger partial charge on any atom is -0.490 e. The molecule has 24 heavy (non-hydrogen) atoms.